The third kappa shape index (κ3) is 6.85. The van der Waals surface area contributed by atoms with Crippen LogP contribution in [-0.2, 0) is 6.42 Å². The van der Waals surface area contributed by atoms with E-state index in [1.165, 1.54) is 30.7 Å². The summed E-state index contributed by atoms with van der Waals surface area (Å²) in [5.74, 6) is 1.30. The molecule has 90 valence electrons. The number of unbranched alkanes of at least 4 members (excludes halogenated alkanes) is 2. The van der Waals surface area contributed by atoms with Crippen molar-refractivity contribution in [1.82, 2.24) is 10.3 Å². The van der Waals surface area contributed by atoms with Gasteiger partial charge in [-0.15, -0.1) is 0 Å². The number of pyridine rings is 1. The molecule has 1 heterocycles. The van der Waals surface area contributed by atoms with Crippen molar-refractivity contribution in [2.45, 2.75) is 25.7 Å². The third-order valence-corrected chi connectivity index (χ3v) is 3.18. The second-order valence-electron chi connectivity index (χ2n) is 3.87. The van der Waals surface area contributed by atoms with Crippen LogP contribution in [0, 0.1) is 0 Å². The van der Waals surface area contributed by atoms with Crippen LogP contribution >= 0.6 is 11.8 Å². The molecule has 0 fully saturated rings. The maximum atomic E-state index is 4.29. The van der Waals surface area contributed by atoms with Crippen LogP contribution in [0.4, 0.5) is 0 Å². The molecule has 0 amide bonds. The maximum Gasteiger partial charge on any atom is 0.0416 e. The highest BCUT2D eigenvalue weighted by Crippen LogP contribution is 2.01. The average molecular weight is 238 g/mol. The van der Waals surface area contributed by atoms with Crippen molar-refractivity contribution in [2.75, 3.05) is 25.1 Å². The smallest absolute Gasteiger partial charge is 0.0416 e. The normalized spacial score (nSPS) is 10.6. The lowest BCUT2D eigenvalue weighted by atomic mass is 10.2. The van der Waals surface area contributed by atoms with E-state index < -0.39 is 0 Å². The standard InChI is InChI=1S/C13H22N2S/c1-16-12-6-2-4-9-14-11-8-13-7-3-5-10-15-13/h3,5,7,10,14H,2,4,6,8-9,11-12H2,1H3. The Labute approximate surface area is 103 Å². The van der Waals surface area contributed by atoms with Gasteiger partial charge in [0.2, 0.25) is 0 Å². The highest BCUT2D eigenvalue weighted by atomic mass is 32.2. The Morgan fingerprint density at radius 1 is 1.19 bits per heavy atom. The van der Waals surface area contributed by atoms with Crippen LogP contribution in [0.15, 0.2) is 24.4 Å². The first-order valence-corrected chi connectivity index (χ1v) is 7.42. The van der Waals surface area contributed by atoms with E-state index in [9.17, 15) is 0 Å². The molecule has 2 nitrogen and oxygen atoms in total. The molecular formula is C13H22N2S. The van der Waals surface area contributed by atoms with Gasteiger partial charge in [-0.3, -0.25) is 4.98 Å². The molecule has 0 aliphatic carbocycles. The van der Waals surface area contributed by atoms with E-state index in [4.69, 9.17) is 0 Å². The lowest BCUT2D eigenvalue weighted by Crippen LogP contribution is -2.18. The van der Waals surface area contributed by atoms with Gasteiger partial charge in [0.1, 0.15) is 0 Å². The lowest BCUT2D eigenvalue weighted by molar-refractivity contribution is 0.616. The van der Waals surface area contributed by atoms with Crippen molar-refractivity contribution >= 4 is 11.8 Å². The summed E-state index contributed by atoms with van der Waals surface area (Å²) < 4.78 is 0. The highest BCUT2D eigenvalue weighted by molar-refractivity contribution is 7.98. The van der Waals surface area contributed by atoms with E-state index >= 15 is 0 Å². The van der Waals surface area contributed by atoms with Crippen LogP contribution in [0.3, 0.4) is 0 Å². The molecule has 0 saturated heterocycles. The number of hydrogen-bond acceptors (Lipinski definition) is 3. The van der Waals surface area contributed by atoms with Crippen LogP contribution in [0.2, 0.25) is 0 Å². The summed E-state index contributed by atoms with van der Waals surface area (Å²) in [6.45, 7) is 2.18. The summed E-state index contributed by atoms with van der Waals surface area (Å²) in [5.41, 5.74) is 1.18. The second-order valence-corrected chi connectivity index (χ2v) is 4.86. The first-order valence-electron chi connectivity index (χ1n) is 6.03. The Balaban J connectivity index is 1.89. The molecule has 0 radical (unpaired) electrons. The van der Waals surface area contributed by atoms with Crippen molar-refractivity contribution in [3.8, 4) is 0 Å². The topological polar surface area (TPSA) is 24.9 Å². The molecule has 16 heavy (non-hydrogen) atoms. The SMILES string of the molecule is CSCCCCCNCCc1ccccn1. The molecule has 0 saturated carbocycles. The fourth-order valence-corrected chi connectivity index (χ4v) is 2.05. The minimum atomic E-state index is 1.03. The zero-order valence-electron chi connectivity index (χ0n) is 10.1. The molecule has 1 N–H and O–H groups in total. The van der Waals surface area contributed by atoms with Crippen molar-refractivity contribution in [2.24, 2.45) is 0 Å². The van der Waals surface area contributed by atoms with Gasteiger partial charge in [0.15, 0.2) is 0 Å². The van der Waals surface area contributed by atoms with E-state index in [2.05, 4.69) is 22.6 Å². The van der Waals surface area contributed by atoms with Gasteiger partial charge < -0.3 is 5.32 Å². The van der Waals surface area contributed by atoms with Gasteiger partial charge in [-0.05, 0) is 43.5 Å². The minimum absolute atomic E-state index is 1.03. The molecule has 1 aromatic rings. The lowest BCUT2D eigenvalue weighted by Gasteiger charge is -2.04. The van der Waals surface area contributed by atoms with Crippen LogP contribution in [0.5, 0.6) is 0 Å². The van der Waals surface area contributed by atoms with E-state index in [-0.39, 0.29) is 0 Å². The van der Waals surface area contributed by atoms with Crippen LogP contribution in [0.25, 0.3) is 0 Å². The molecule has 1 rings (SSSR count). The fraction of sp³-hybridized carbons (Fsp3) is 0.615. The molecule has 0 aliphatic heterocycles. The molecule has 0 aromatic carbocycles. The van der Waals surface area contributed by atoms with E-state index in [1.807, 2.05) is 30.1 Å². The summed E-state index contributed by atoms with van der Waals surface area (Å²) in [5, 5.41) is 3.46. The maximum absolute atomic E-state index is 4.29. The average Bonchev–Trinajstić information content (AvgIpc) is 2.34. The molecule has 0 atom stereocenters. The molecule has 0 spiro atoms. The first-order chi connectivity index (χ1) is 7.93. The van der Waals surface area contributed by atoms with Gasteiger partial charge >= 0.3 is 0 Å². The molecule has 0 unspecified atom stereocenters. The van der Waals surface area contributed by atoms with Gasteiger partial charge in [0.05, 0.1) is 0 Å². The molecule has 0 aliphatic rings. The zero-order valence-corrected chi connectivity index (χ0v) is 10.9. The Morgan fingerprint density at radius 3 is 2.88 bits per heavy atom. The van der Waals surface area contributed by atoms with Crippen LogP contribution in [0.1, 0.15) is 25.0 Å². The Bertz CT molecular complexity index is 251. The Kier molecular flexibility index (Phi) is 8.17. The molecular weight excluding hydrogens is 216 g/mol. The zero-order chi connectivity index (χ0) is 11.5. The minimum Gasteiger partial charge on any atom is -0.316 e. The number of aromatic nitrogens is 1. The van der Waals surface area contributed by atoms with E-state index in [0.29, 0.717) is 0 Å². The van der Waals surface area contributed by atoms with Crippen molar-refractivity contribution in [1.29, 1.82) is 0 Å². The summed E-state index contributed by atoms with van der Waals surface area (Å²) in [6.07, 6.45) is 9.05. The van der Waals surface area contributed by atoms with E-state index in [1.54, 1.807) is 0 Å². The summed E-state index contributed by atoms with van der Waals surface area (Å²) in [6, 6.07) is 6.09. The number of hydrogen-bond donors (Lipinski definition) is 1. The van der Waals surface area contributed by atoms with Gasteiger partial charge in [0.25, 0.3) is 0 Å². The van der Waals surface area contributed by atoms with Crippen molar-refractivity contribution < 1.29 is 0 Å². The Morgan fingerprint density at radius 2 is 2.12 bits per heavy atom. The number of rotatable bonds is 9. The first kappa shape index (κ1) is 13.5. The Hall–Kier alpha value is -0.540. The van der Waals surface area contributed by atoms with Gasteiger partial charge in [0, 0.05) is 24.9 Å². The van der Waals surface area contributed by atoms with Crippen molar-refractivity contribution in [3.05, 3.63) is 30.1 Å². The molecule has 1 aromatic heterocycles. The predicted molar refractivity (Wildman–Crippen MR) is 73.0 cm³/mol. The fourth-order valence-electron chi connectivity index (χ4n) is 1.56. The largest absolute Gasteiger partial charge is 0.316 e. The van der Waals surface area contributed by atoms with Crippen molar-refractivity contribution in [3.63, 3.8) is 0 Å². The monoisotopic (exact) mass is 238 g/mol. The van der Waals surface area contributed by atoms with Crippen LogP contribution in [-0.4, -0.2) is 30.1 Å². The van der Waals surface area contributed by atoms with Gasteiger partial charge in [-0.2, -0.15) is 11.8 Å². The number of nitrogens with one attached hydrogen (secondary N) is 1. The summed E-state index contributed by atoms with van der Waals surface area (Å²) >= 11 is 1.94. The highest BCUT2D eigenvalue weighted by Gasteiger charge is 1.93. The summed E-state index contributed by atoms with van der Waals surface area (Å²) in [7, 11) is 0. The van der Waals surface area contributed by atoms with Gasteiger partial charge in [-0.1, -0.05) is 12.5 Å². The van der Waals surface area contributed by atoms with E-state index in [0.717, 1.165) is 19.5 Å². The number of nitrogens with zero attached hydrogens (tertiary/aromatic N) is 1. The number of thioether (sulfide) groups is 1. The third-order valence-electron chi connectivity index (χ3n) is 2.49. The second kappa shape index (κ2) is 9.67. The van der Waals surface area contributed by atoms with Crippen LogP contribution < -0.4 is 5.32 Å². The predicted octanol–water partition coefficient (Wildman–Crippen LogP) is 2.75. The van der Waals surface area contributed by atoms with Gasteiger partial charge in [-0.25, -0.2) is 0 Å². The quantitative estimate of drug-likeness (QED) is 0.670. The molecule has 0 bridgehead atoms. The summed E-state index contributed by atoms with van der Waals surface area (Å²) in [4.78, 5) is 4.29. The molecule has 3 heteroatoms.